The molecule has 26 heavy (non-hydrogen) atoms. The predicted molar refractivity (Wildman–Crippen MR) is 101 cm³/mol. The first-order valence-electron chi connectivity index (χ1n) is 9.58. The van der Waals surface area contributed by atoms with E-state index in [1.54, 1.807) is 0 Å². The minimum atomic E-state index is 0.322. The molecule has 5 nitrogen and oxygen atoms in total. The fourth-order valence-corrected chi connectivity index (χ4v) is 4.60. The van der Waals surface area contributed by atoms with Gasteiger partial charge in [0.15, 0.2) is 0 Å². The molecule has 2 aliphatic rings. The third kappa shape index (κ3) is 3.68. The maximum Gasteiger partial charge on any atom is 0.222 e. The van der Waals surface area contributed by atoms with E-state index in [-0.39, 0.29) is 0 Å². The van der Waals surface area contributed by atoms with Gasteiger partial charge in [-0.3, -0.25) is 14.4 Å². The molecule has 4 rings (SSSR count). The van der Waals surface area contributed by atoms with E-state index in [1.807, 2.05) is 35.1 Å². The minimum absolute atomic E-state index is 0.322. The van der Waals surface area contributed by atoms with Gasteiger partial charge in [0, 0.05) is 45.0 Å². The Kier molecular flexibility index (Phi) is 4.81. The van der Waals surface area contributed by atoms with Crippen molar-refractivity contribution in [1.82, 2.24) is 19.6 Å². The first-order chi connectivity index (χ1) is 12.6. The zero-order valence-electron chi connectivity index (χ0n) is 15.7. The zero-order chi connectivity index (χ0) is 18.1. The highest BCUT2D eigenvalue weighted by atomic mass is 16.2. The summed E-state index contributed by atoms with van der Waals surface area (Å²) in [5, 5.41) is 4.26. The van der Waals surface area contributed by atoms with Crippen molar-refractivity contribution in [3.05, 3.63) is 53.9 Å². The zero-order valence-corrected chi connectivity index (χ0v) is 15.7. The Morgan fingerprint density at radius 1 is 1.15 bits per heavy atom. The van der Waals surface area contributed by atoms with E-state index in [0.29, 0.717) is 23.8 Å². The van der Waals surface area contributed by atoms with Gasteiger partial charge in [-0.05, 0) is 48.9 Å². The number of rotatable bonds is 5. The smallest absolute Gasteiger partial charge is 0.222 e. The van der Waals surface area contributed by atoms with Gasteiger partial charge in [-0.1, -0.05) is 24.3 Å². The third-order valence-electron chi connectivity index (χ3n) is 6.17. The number of likely N-dealkylation sites (tertiary alicyclic amines) is 1. The first-order valence-corrected chi connectivity index (χ1v) is 9.58. The lowest BCUT2D eigenvalue weighted by Gasteiger charge is -2.31. The molecule has 0 unspecified atom stereocenters. The molecule has 138 valence electrons. The normalized spacial score (nSPS) is 25.7. The van der Waals surface area contributed by atoms with Gasteiger partial charge in [-0.2, -0.15) is 5.10 Å². The number of nitrogens with zero attached hydrogens (tertiary/aromatic N) is 4. The second-order valence-electron chi connectivity index (χ2n) is 8.06. The molecule has 5 heteroatoms. The van der Waals surface area contributed by atoms with Crippen LogP contribution in [0.15, 0.2) is 42.7 Å². The average molecular weight is 352 g/mol. The van der Waals surface area contributed by atoms with Crippen molar-refractivity contribution in [3.63, 3.8) is 0 Å². The summed E-state index contributed by atoms with van der Waals surface area (Å²) >= 11 is 0. The minimum Gasteiger partial charge on any atom is -0.345 e. The molecule has 0 N–H and O–H groups in total. The summed E-state index contributed by atoms with van der Waals surface area (Å²) < 4.78 is 1.94. The predicted octanol–water partition coefficient (Wildman–Crippen LogP) is 2.62. The summed E-state index contributed by atoms with van der Waals surface area (Å²) in [7, 11) is 4.17. The highest BCUT2D eigenvalue weighted by Gasteiger charge is 2.41. The summed E-state index contributed by atoms with van der Waals surface area (Å²) in [5.74, 6) is 1.59. The molecular formula is C21H28N4O. The molecule has 1 saturated heterocycles. The van der Waals surface area contributed by atoms with E-state index in [2.05, 4.69) is 41.3 Å². The van der Waals surface area contributed by atoms with Crippen LogP contribution in [0, 0.1) is 11.8 Å². The average Bonchev–Trinajstić information content (AvgIpc) is 3.27. The van der Waals surface area contributed by atoms with E-state index in [1.165, 1.54) is 17.5 Å². The van der Waals surface area contributed by atoms with E-state index in [0.717, 1.165) is 32.5 Å². The van der Waals surface area contributed by atoms with Crippen LogP contribution in [-0.2, 0) is 17.9 Å². The highest BCUT2D eigenvalue weighted by Crippen LogP contribution is 2.40. The Morgan fingerprint density at radius 2 is 1.88 bits per heavy atom. The summed E-state index contributed by atoms with van der Waals surface area (Å²) in [5.41, 5.74) is 2.62. The quantitative estimate of drug-likeness (QED) is 0.831. The number of fused-ring (bicyclic) bond motifs is 1. The van der Waals surface area contributed by atoms with Gasteiger partial charge < -0.3 is 4.90 Å². The first kappa shape index (κ1) is 17.3. The molecule has 0 radical (unpaired) electrons. The van der Waals surface area contributed by atoms with Crippen LogP contribution >= 0.6 is 0 Å². The molecule has 1 aromatic heterocycles. The standard InChI is InChI=1S/C21H28N4O/c1-23(20-10-18-12-21(26)24(2)15-19(18)11-20)13-16-4-6-17(7-5-16)14-25-9-3-8-22-25/h3-9,18-20H,10-15H2,1-2H3/t18-,19+,20-/m1/s1. The van der Waals surface area contributed by atoms with Gasteiger partial charge >= 0.3 is 0 Å². The van der Waals surface area contributed by atoms with Crippen molar-refractivity contribution < 1.29 is 4.79 Å². The summed E-state index contributed by atoms with van der Waals surface area (Å²) in [6, 6.07) is 11.4. The van der Waals surface area contributed by atoms with Gasteiger partial charge in [0.1, 0.15) is 0 Å². The Bertz CT molecular complexity index is 740. The molecule has 2 fully saturated rings. The van der Waals surface area contributed by atoms with Crippen LogP contribution in [0.5, 0.6) is 0 Å². The topological polar surface area (TPSA) is 41.4 Å². The molecule has 2 heterocycles. The Morgan fingerprint density at radius 3 is 2.62 bits per heavy atom. The Labute approximate surface area is 155 Å². The highest BCUT2D eigenvalue weighted by molar-refractivity contribution is 5.77. The van der Waals surface area contributed by atoms with E-state index in [4.69, 9.17) is 0 Å². The summed E-state index contributed by atoms with van der Waals surface area (Å²) in [4.78, 5) is 16.4. The van der Waals surface area contributed by atoms with Crippen LogP contribution in [0.25, 0.3) is 0 Å². The van der Waals surface area contributed by atoms with Crippen molar-refractivity contribution >= 4 is 5.91 Å². The maximum absolute atomic E-state index is 12.0. The van der Waals surface area contributed by atoms with Crippen LogP contribution in [0.2, 0.25) is 0 Å². The van der Waals surface area contributed by atoms with Crippen LogP contribution in [0.4, 0.5) is 0 Å². The van der Waals surface area contributed by atoms with Crippen molar-refractivity contribution in [2.45, 2.75) is 38.4 Å². The molecular weight excluding hydrogens is 324 g/mol. The lowest BCUT2D eigenvalue weighted by atomic mass is 9.88. The fourth-order valence-electron chi connectivity index (χ4n) is 4.60. The monoisotopic (exact) mass is 352 g/mol. The molecule has 0 bridgehead atoms. The number of carbonyl (C=O) groups excluding carboxylic acids is 1. The van der Waals surface area contributed by atoms with Crippen molar-refractivity contribution in [2.24, 2.45) is 11.8 Å². The number of hydrogen-bond acceptors (Lipinski definition) is 3. The number of benzene rings is 1. The number of hydrogen-bond donors (Lipinski definition) is 0. The van der Waals surface area contributed by atoms with Crippen molar-refractivity contribution in [1.29, 1.82) is 0 Å². The summed E-state index contributed by atoms with van der Waals surface area (Å²) in [6.45, 7) is 2.72. The molecule has 2 aromatic rings. The van der Waals surface area contributed by atoms with Gasteiger partial charge in [-0.25, -0.2) is 0 Å². The summed E-state index contributed by atoms with van der Waals surface area (Å²) in [6.07, 6.45) is 6.93. The molecule has 1 saturated carbocycles. The fraction of sp³-hybridized carbons (Fsp3) is 0.524. The Hall–Kier alpha value is -2.14. The van der Waals surface area contributed by atoms with E-state index < -0.39 is 0 Å². The molecule has 0 spiro atoms. The third-order valence-corrected chi connectivity index (χ3v) is 6.17. The Balaban J connectivity index is 1.33. The number of aromatic nitrogens is 2. The van der Waals surface area contributed by atoms with E-state index >= 15 is 0 Å². The lowest BCUT2D eigenvalue weighted by molar-refractivity contribution is -0.134. The van der Waals surface area contributed by atoms with E-state index in [9.17, 15) is 4.79 Å². The molecule has 1 aliphatic heterocycles. The molecule has 1 aliphatic carbocycles. The van der Waals surface area contributed by atoms with Crippen LogP contribution < -0.4 is 0 Å². The van der Waals surface area contributed by atoms with Gasteiger partial charge in [-0.15, -0.1) is 0 Å². The van der Waals surface area contributed by atoms with Gasteiger partial charge in [0.2, 0.25) is 5.91 Å². The van der Waals surface area contributed by atoms with Gasteiger partial charge in [0.05, 0.1) is 6.54 Å². The van der Waals surface area contributed by atoms with Crippen molar-refractivity contribution in [2.75, 3.05) is 20.6 Å². The number of amides is 1. The second-order valence-corrected chi connectivity index (χ2v) is 8.06. The lowest BCUT2D eigenvalue weighted by Crippen LogP contribution is -2.39. The van der Waals surface area contributed by atoms with Crippen molar-refractivity contribution in [3.8, 4) is 0 Å². The SMILES string of the molecule is CN1C[C@@H]2C[C@H](N(C)Cc3ccc(Cn4cccn4)cc3)C[C@@H]2CC1=O. The largest absolute Gasteiger partial charge is 0.345 e. The van der Waals surface area contributed by atoms with Gasteiger partial charge in [0.25, 0.3) is 0 Å². The molecule has 1 aromatic carbocycles. The molecule has 1 amide bonds. The molecule has 3 atom stereocenters. The maximum atomic E-state index is 12.0. The number of piperidine rings is 1. The van der Waals surface area contributed by atoms with Crippen LogP contribution in [0.1, 0.15) is 30.4 Å². The number of carbonyl (C=O) groups is 1. The van der Waals surface area contributed by atoms with Crippen LogP contribution in [-0.4, -0.2) is 52.2 Å². The van der Waals surface area contributed by atoms with Crippen LogP contribution in [0.3, 0.4) is 0 Å². The second kappa shape index (κ2) is 7.23.